The van der Waals surface area contributed by atoms with Crippen LogP contribution in [-0.2, 0) is 9.59 Å². The van der Waals surface area contributed by atoms with Crippen molar-refractivity contribution >= 4 is 47.0 Å². The van der Waals surface area contributed by atoms with E-state index in [-0.39, 0.29) is 35.7 Å². The normalized spacial score (nSPS) is 17.4. The summed E-state index contributed by atoms with van der Waals surface area (Å²) in [6.45, 7) is 4.13. The number of hydrogen-bond donors (Lipinski definition) is 4. The van der Waals surface area contributed by atoms with Gasteiger partial charge in [-0.15, -0.1) is 0 Å². The molecule has 6 rings (SSSR count). The highest BCUT2D eigenvalue weighted by atomic mass is 35.5. The lowest BCUT2D eigenvalue weighted by Gasteiger charge is -2.38. The van der Waals surface area contributed by atoms with Crippen LogP contribution in [0.25, 0.3) is 16.9 Å². The number of piperidine rings is 1. The van der Waals surface area contributed by atoms with E-state index < -0.39 is 17.8 Å². The van der Waals surface area contributed by atoms with Crippen LogP contribution in [0.3, 0.4) is 0 Å². The number of aromatic nitrogens is 3. The van der Waals surface area contributed by atoms with E-state index in [1.54, 1.807) is 57.1 Å². The minimum absolute atomic E-state index is 0.0456. The van der Waals surface area contributed by atoms with Crippen molar-refractivity contribution in [2.45, 2.75) is 19.4 Å². The molecule has 0 spiro atoms. The fourth-order valence-electron chi connectivity index (χ4n) is 5.94. The molecule has 2 amide bonds. The van der Waals surface area contributed by atoms with Crippen LogP contribution >= 0.6 is 11.6 Å². The predicted molar refractivity (Wildman–Crippen MR) is 177 cm³/mol. The Balaban J connectivity index is 0.00000151. The number of anilines is 2. The van der Waals surface area contributed by atoms with Crippen LogP contribution in [0.15, 0.2) is 48.9 Å². The van der Waals surface area contributed by atoms with Gasteiger partial charge < -0.3 is 35.4 Å². The Hall–Kier alpha value is -5.30. The van der Waals surface area contributed by atoms with Crippen molar-refractivity contribution in [2.75, 3.05) is 51.2 Å². The van der Waals surface area contributed by atoms with Crippen LogP contribution < -0.4 is 15.4 Å². The number of fused-ring (bicyclic) bond motifs is 1. The quantitative estimate of drug-likeness (QED) is 0.209. The lowest BCUT2D eigenvalue weighted by molar-refractivity contribution is -0.142. The molecule has 0 radical (unpaired) electrons. The molecule has 256 valence electrons. The first-order chi connectivity index (χ1) is 23.7. The number of carbonyl (C=O) groups is 3. The van der Waals surface area contributed by atoms with Crippen molar-refractivity contribution in [1.82, 2.24) is 29.5 Å². The third-order valence-corrected chi connectivity index (χ3v) is 8.78. The topological polar surface area (TPSA) is 185 Å². The number of ether oxygens (including phenoxy) is 1. The number of piperazine rings is 1. The molecule has 49 heavy (non-hydrogen) atoms. The second-order valence-corrected chi connectivity index (χ2v) is 11.7. The zero-order chi connectivity index (χ0) is 35.1. The maximum absolute atomic E-state index is 14.8. The molecule has 4 heterocycles. The molecule has 0 bridgehead atoms. The van der Waals surface area contributed by atoms with Crippen LogP contribution in [-0.4, -0.2) is 105 Å². The van der Waals surface area contributed by atoms with E-state index in [1.807, 2.05) is 13.0 Å². The average Bonchev–Trinajstić information content (AvgIpc) is 3.54. The van der Waals surface area contributed by atoms with Gasteiger partial charge in [0.1, 0.15) is 6.07 Å². The maximum Gasteiger partial charge on any atom is 0.290 e. The fourth-order valence-corrected chi connectivity index (χ4v) is 6.19. The molecule has 2 aliphatic rings. The SMILES string of the molecule is Cc1cc(Nc2nccn3c(-c4ccc(OCC#N)c(F)c4Cl)cnc23)ccc1C(=O)N1CCN(C(=O)[C@@H]2CCNC[C@@H]2O)CC1.O=CO. The predicted octanol–water partition coefficient (Wildman–Crippen LogP) is 3.10. The number of carbonyl (C=O) groups excluding carboxylic acids is 2. The van der Waals surface area contributed by atoms with Crippen molar-refractivity contribution in [3.8, 4) is 23.1 Å². The van der Waals surface area contributed by atoms with Crippen molar-refractivity contribution in [3.63, 3.8) is 0 Å². The second-order valence-electron chi connectivity index (χ2n) is 11.3. The number of aryl methyl sites for hydroxylation is 1. The summed E-state index contributed by atoms with van der Waals surface area (Å²) < 4.78 is 21.7. The molecular formula is C33H34ClFN8O6. The molecule has 2 aromatic heterocycles. The smallest absolute Gasteiger partial charge is 0.290 e. The number of benzene rings is 2. The number of amides is 2. The van der Waals surface area contributed by atoms with E-state index in [2.05, 4.69) is 20.6 Å². The molecule has 0 unspecified atom stereocenters. The first-order valence-electron chi connectivity index (χ1n) is 15.4. The molecule has 4 aromatic rings. The van der Waals surface area contributed by atoms with Gasteiger partial charge >= 0.3 is 0 Å². The summed E-state index contributed by atoms with van der Waals surface area (Å²) in [5, 5.41) is 32.1. The Morgan fingerprint density at radius 1 is 1.20 bits per heavy atom. The van der Waals surface area contributed by atoms with Crippen LogP contribution in [0.5, 0.6) is 5.75 Å². The van der Waals surface area contributed by atoms with E-state index in [1.165, 1.54) is 6.07 Å². The molecule has 2 saturated heterocycles. The summed E-state index contributed by atoms with van der Waals surface area (Å²) in [7, 11) is 0. The first-order valence-corrected chi connectivity index (χ1v) is 15.8. The summed E-state index contributed by atoms with van der Waals surface area (Å²) in [4.78, 5) is 47.2. The highest BCUT2D eigenvalue weighted by molar-refractivity contribution is 6.33. The van der Waals surface area contributed by atoms with Gasteiger partial charge in [-0.25, -0.2) is 14.4 Å². The van der Waals surface area contributed by atoms with E-state index >= 15 is 0 Å². The molecule has 16 heteroatoms. The molecule has 0 saturated carbocycles. The molecule has 4 N–H and O–H groups in total. The van der Waals surface area contributed by atoms with Gasteiger partial charge in [0.15, 0.2) is 29.6 Å². The van der Waals surface area contributed by atoms with Gasteiger partial charge in [-0.05, 0) is 55.8 Å². The monoisotopic (exact) mass is 692 g/mol. The van der Waals surface area contributed by atoms with Crippen LogP contribution in [0, 0.1) is 30.0 Å². The third kappa shape index (κ3) is 7.56. The molecule has 14 nitrogen and oxygen atoms in total. The number of nitrogens with zero attached hydrogens (tertiary/aromatic N) is 6. The fraction of sp³-hybridized carbons (Fsp3) is 0.333. The largest absolute Gasteiger partial charge is 0.483 e. The minimum Gasteiger partial charge on any atom is -0.483 e. The highest BCUT2D eigenvalue weighted by Gasteiger charge is 2.34. The number of aliphatic hydroxyl groups excluding tert-OH is 1. The Morgan fingerprint density at radius 3 is 2.63 bits per heavy atom. The lowest BCUT2D eigenvalue weighted by Crippen LogP contribution is -2.55. The van der Waals surface area contributed by atoms with Crippen LogP contribution in [0.2, 0.25) is 5.02 Å². The average molecular weight is 693 g/mol. The molecule has 2 fully saturated rings. The van der Waals surface area contributed by atoms with Crippen molar-refractivity contribution in [1.29, 1.82) is 5.26 Å². The van der Waals surface area contributed by atoms with Crippen molar-refractivity contribution in [3.05, 3.63) is 70.9 Å². The maximum atomic E-state index is 14.8. The van der Waals surface area contributed by atoms with Gasteiger partial charge in [-0.3, -0.25) is 18.8 Å². The standard InChI is InChI=1S/C32H32ClFN8O4.CH2O2/c1-19-16-20(2-3-21(19)31(44)40-11-13-41(14-12-40)32(45)23-6-8-36-18-25(23)43)39-29-30-38-17-24(42(30)10-9-37-29)22-4-5-26(46-15-7-35)28(34)27(22)33;2-1-3/h2-5,9-10,16-17,23,25,36,43H,6,8,11-15,18H2,1H3,(H,37,39);1H,(H,2,3)/t23-,25+;/m1./s1. The van der Waals surface area contributed by atoms with Crippen molar-refractivity contribution in [2.24, 2.45) is 5.92 Å². The van der Waals surface area contributed by atoms with Crippen LogP contribution in [0.1, 0.15) is 22.3 Å². The number of nitrogens with one attached hydrogen (secondary N) is 2. The Bertz CT molecular complexity index is 1890. The number of imidazole rings is 1. The summed E-state index contributed by atoms with van der Waals surface area (Å²) >= 11 is 6.34. The van der Waals surface area contributed by atoms with Crippen LogP contribution in [0.4, 0.5) is 15.9 Å². The molecule has 2 atom stereocenters. The number of halogens is 2. The number of β-amino-alcohol motifs (C(OH)–C–C–N with tert-alkyl or cyclic N) is 1. The number of nitriles is 1. The number of rotatable bonds is 7. The molecular weight excluding hydrogens is 659 g/mol. The van der Waals surface area contributed by atoms with Gasteiger partial charge in [-0.1, -0.05) is 11.6 Å². The Labute approximate surface area is 285 Å². The second kappa shape index (κ2) is 15.7. The molecule has 2 aromatic carbocycles. The third-order valence-electron chi connectivity index (χ3n) is 8.41. The minimum atomic E-state index is -0.769. The van der Waals surface area contributed by atoms with Crippen molar-refractivity contribution < 1.29 is 33.7 Å². The van der Waals surface area contributed by atoms with E-state index in [9.17, 15) is 19.1 Å². The lowest BCUT2D eigenvalue weighted by atomic mass is 9.93. The Kier molecular flexibility index (Phi) is 11.2. The van der Waals surface area contributed by atoms with Gasteiger partial charge in [0, 0.05) is 61.9 Å². The molecule has 0 aliphatic carbocycles. The summed E-state index contributed by atoms with van der Waals surface area (Å²) in [5.74, 6) is -0.995. The van der Waals surface area contributed by atoms with Gasteiger partial charge in [0.2, 0.25) is 5.91 Å². The Morgan fingerprint density at radius 2 is 1.94 bits per heavy atom. The van der Waals surface area contributed by atoms with Gasteiger partial charge in [0.05, 0.1) is 28.9 Å². The van der Waals surface area contributed by atoms with Gasteiger partial charge in [-0.2, -0.15) is 5.26 Å². The zero-order valence-electron chi connectivity index (χ0n) is 26.5. The summed E-state index contributed by atoms with van der Waals surface area (Å²) in [5.41, 5.74) is 3.41. The van der Waals surface area contributed by atoms with E-state index in [0.717, 1.165) is 5.56 Å². The summed E-state index contributed by atoms with van der Waals surface area (Å²) in [6.07, 6.45) is 4.74. The zero-order valence-corrected chi connectivity index (χ0v) is 27.2. The highest BCUT2D eigenvalue weighted by Crippen LogP contribution is 2.36. The van der Waals surface area contributed by atoms with Gasteiger partial charge in [0.25, 0.3) is 12.4 Å². The summed E-state index contributed by atoms with van der Waals surface area (Å²) in [6, 6.07) is 10.2. The number of aliphatic hydroxyl groups is 1. The van der Waals surface area contributed by atoms with E-state index in [4.69, 9.17) is 31.5 Å². The number of carboxylic acid groups (broad SMARTS) is 1. The molecule has 2 aliphatic heterocycles. The first kappa shape index (κ1) is 35.0. The van der Waals surface area contributed by atoms with E-state index in [0.29, 0.717) is 79.7 Å². The number of hydrogen-bond acceptors (Lipinski definition) is 10.